The Kier molecular flexibility index (Phi) is 9.21. The van der Waals surface area contributed by atoms with Gasteiger partial charge in [0.15, 0.2) is 0 Å². The van der Waals surface area contributed by atoms with E-state index in [0.29, 0.717) is 0 Å². The number of nitrogens with one attached hydrogen (secondary N) is 1. The van der Waals surface area contributed by atoms with Crippen LogP contribution in [0.2, 0.25) is 0 Å². The fourth-order valence-electron chi connectivity index (χ4n) is 2.54. The van der Waals surface area contributed by atoms with Crippen molar-refractivity contribution in [2.45, 2.75) is 77.6 Å². The van der Waals surface area contributed by atoms with Crippen molar-refractivity contribution in [2.24, 2.45) is 0 Å². The average Bonchev–Trinajstić information content (AvgIpc) is 2.96. The molecule has 0 bridgehead atoms. The molecular formula is C18H33NS. The molecule has 20 heavy (non-hydrogen) atoms. The third kappa shape index (κ3) is 7.44. The van der Waals surface area contributed by atoms with Crippen molar-refractivity contribution in [3.05, 3.63) is 22.4 Å². The van der Waals surface area contributed by atoms with E-state index in [9.17, 15) is 0 Å². The van der Waals surface area contributed by atoms with E-state index in [-0.39, 0.29) is 5.41 Å². The van der Waals surface area contributed by atoms with Crippen molar-refractivity contribution < 1.29 is 0 Å². The van der Waals surface area contributed by atoms with Crippen LogP contribution in [0, 0.1) is 0 Å². The van der Waals surface area contributed by atoms with Crippen LogP contribution in [0.4, 0.5) is 0 Å². The Morgan fingerprint density at radius 1 is 1.00 bits per heavy atom. The van der Waals surface area contributed by atoms with Crippen molar-refractivity contribution in [1.29, 1.82) is 0 Å². The number of rotatable bonds is 12. The molecule has 0 aliphatic carbocycles. The first kappa shape index (κ1) is 17.7. The molecule has 0 spiro atoms. The SMILES string of the molecule is CCCCCCCCCCNCC(C)(C)c1cccs1. The van der Waals surface area contributed by atoms with Crippen LogP contribution in [0.15, 0.2) is 17.5 Å². The molecule has 1 rings (SSSR count). The predicted molar refractivity (Wildman–Crippen MR) is 92.8 cm³/mol. The minimum Gasteiger partial charge on any atom is -0.316 e. The highest BCUT2D eigenvalue weighted by atomic mass is 32.1. The van der Waals surface area contributed by atoms with Crippen LogP contribution in [0.25, 0.3) is 0 Å². The maximum Gasteiger partial charge on any atom is 0.0115 e. The third-order valence-electron chi connectivity index (χ3n) is 3.96. The fraction of sp³-hybridized carbons (Fsp3) is 0.778. The second-order valence-electron chi connectivity index (χ2n) is 6.51. The van der Waals surface area contributed by atoms with Crippen molar-refractivity contribution >= 4 is 11.3 Å². The predicted octanol–water partition coefficient (Wildman–Crippen LogP) is 5.76. The number of hydrogen-bond donors (Lipinski definition) is 1. The summed E-state index contributed by atoms with van der Waals surface area (Å²) in [5.74, 6) is 0. The summed E-state index contributed by atoms with van der Waals surface area (Å²) >= 11 is 1.87. The average molecular weight is 296 g/mol. The van der Waals surface area contributed by atoms with Crippen molar-refractivity contribution in [2.75, 3.05) is 13.1 Å². The van der Waals surface area contributed by atoms with Gasteiger partial charge in [0.05, 0.1) is 0 Å². The highest BCUT2D eigenvalue weighted by Gasteiger charge is 2.20. The Morgan fingerprint density at radius 2 is 1.65 bits per heavy atom. The van der Waals surface area contributed by atoms with Gasteiger partial charge in [-0.1, -0.05) is 71.8 Å². The van der Waals surface area contributed by atoms with Gasteiger partial charge in [-0.15, -0.1) is 11.3 Å². The molecule has 0 aromatic carbocycles. The Balaban J connectivity index is 1.94. The molecular weight excluding hydrogens is 262 g/mol. The standard InChI is InChI=1S/C18H33NS/c1-4-5-6-7-8-9-10-11-14-19-16-18(2,3)17-13-12-15-20-17/h12-13,15,19H,4-11,14,16H2,1-3H3. The lowest BCUT2D eigenvalue weighted by Gasteiger charge is -2.23. The van der Waals surface area contributed by atoms with Gasteiger partial charge in [0.1, 0.15) is 0 Å². The van der Waals surface area contributed by atoms with Gasteiger partial charge in [-0.3, -0.25) is 0 Å². The maximum absolute atomic E-state index is 3.63. The van der Waals surface area contributed by atoms with E-state index in [1.807, 2.05) is 11.3 Å². The molecule has 0 saturated heterocycles. The van der Waals surface area contributed by atoms with Crippen LogP contribution in [0.3, 0.4) is 0 Å². The topological polar surface area (TPSA) is 12.0 Å². The molecule has 1 nitrogen and oxygen atoms in total. The Morgan fingerprint density at radius 3 is 2.25 bits per heavy atom. The third-order valence-corrected chi connectivity index (χ3v) is 5.20. The van der Waals surface area contributed by atoms with Crippen molar-refractivity contribution in [1.82, 2.24) is 5.32 Å². The van der Waals surface area contributed by atoms with Gasteiger partial charge in [0.25, 0.3) is 0 Å². The van der Waals surface area contributed by atoms with Gasteiger partial charge < -0.3 is 5.32 Å². The maximum atomic E-state index is 3.63. The second kappa shape index (κ2) is 10.4. The summed E-state index contributed by atoms with van der Waals surface area (Å²) in [6.45, 7) is 9.20. The van der Waals surface area contributed by atoms with E-state index in [1.54, 1.807) is 0 Å². The second-order valence-corrected chi connectivity index (χ2v) is 7.46. The quantitative estimate of drug-likeness (QED) is 0.484. The smallest absolute Gasteiger partial charge is 0.0115 e. The molecule has 0 unspecified atom stereocenters. The summed E-state index contributed by atoms with van der Waals surface area (Å²) in [6, 6.07) is 4.41. The van der Waals surface area contributed by atoms with Crippen LogP contribution < -0.4 is 5.32 Å². The summed E-state index contributed by atoms with van der Waals surface area (Å²) in [6.07, 6.45) is 11.2. The monoisotopic (exact) mass is 295 g/mol. The van der Waals surface area contributed by atoms with Crippen LogP contribution >= 0.6 is 11.3 Å². The highest BCUT2D eigenvalue weighted by Crippen LogP contribution is 2.26. The minimum atomic E-state index is 0.272. The van der Waals surface area contributed by atoms with Gasteiger partial charge in [0, 0.05) is 16.8 Å². The summed E-state index contributed by atoms with van der Waals surface area (Å²) in [7, 11) is 0. The summed E-state index contributed by atoms with van der Waals surface area (Å²) in [5.41, 5.74) is 0.272. The zero-order chi connectivity index (χ0) is 14.7. The van der Waals surface area contributed by atoms with Crippen molar-refractivity contribution in [3.63, 3.8) is 0 Å². The molecule has 0 aliphatic rings. The highest BCUT2D eigenvalue weighted by molar-refractivity contribution is 7.10. The molecule has 1 aromatic rings. The largest absolute Gasteiger partial charge is 0.316 e. The molecule has 2 heteroatoms. The Hall–Kier alpha value is -0.340. The fourth-order valence-corrected chi connectivity index (χ4v) is 3.39. The van der Waals surface area contributed by atoms with Gasteiger partial charge in [-0.2, -0.15) is 0 Å². The van der Waals surface area contributed by atoms with Gasteiger partial charge in [-0.25, -0.2) is 0 Å². The lowest BCUT2D eigenvalue weighted by molar-refractivity contribution is 0.465. The van der Waals surface area contributed by atoms with Crippen LogP contribution in [-0.4, -0.2) is 13.1 Å². The summed E-state index contributed by atoms with van der Waals surface area (Å²) in [5, 5.41) is 5.81. The lowest BCUT2D eigenvalue weighted by Crippen LogP contribution is -2.32. The number of thiophene rings is 1. The molecule has 0 aliphatic heterocycles. The van der Waals surface area contributed by atoms with Gasteiger partial charge >= 0.3 is 0 Å². The van der Waals surface area contributed by atoms with Gasteiger partial charge in [-0.05, 0) is 24.4 Å². The van der Waals surface area contributed by atoms with E-state index in [1.165, 1.54) is 62.8 Å². The van der Waals surface area contributed by atoms with Crippen molar-refractivity contribution in [3.8, 4) is 0 Å². The van der Waals surface area contributed by atoms with E-state index in [4.69, 9.17) is 0 Å². The van der Waals surface area contributed by atoms with Crippen LogP contribution in [0.5, 0.6) is 0 Å². The normalized spacial score (nSPS) is 11.9. The first-order valence-electron chi connectivity index (χ1n) is 8.41. The van der Waals surface area contributed by atoms with Crippen LogP contribution in [-0.2, 0) is 5.41 Å². The lowest BCUT2D eigenvalue weighted by atomic mass is 9.91. The molecule has 0 fully saturated rings. The van der Waals surface area contributed by atoms with Crippen LogP contribution in [0.1, 0.15) is 77.0 Å². The Bertz CT molecular complexity index is 316. The first-order valence-corrected chi connectivity index (χ1v) is 9.29. The number of unbranched alkanes of at least 4 members (excludes halogenated alkanes) is 7. The molecule has 116 valence electrons. The first-order chi connectivity index (χ1) is 9.67. The van der Waals surface area contributed by atoms with E-state index < -0.39 is 0 Å². The summed E-state index contributed by atoms with van der Waals surface area (Å²) < 4.78 is 0. The molecule has 1 N–H and O–H groups in total. The van der Waals surface area contributed by atoms with E-state index in [0.717, 1.165) is 6.54 Å². The number of hydrogen-bond acceptors (Lipinski definition) is 2. The molecule has 0 saturated carbocycles. The molecule has 0 amide bonds. The molecule has 1 aromatic heterocycles. The zero-order valence-electron chi connectivity index (χ0n) is 13.7. The summed E-state index contributed by atoms with van der Waals surface area (Å²) in [4.78, 5) is 1.49. The molecule has 1 heterocycles. The van der Waals surface area contributed by atoms with Gasteiger partial charge in [0.2, 0.25) is 0 Å². The van der Waals surface area contributed by atoms with E-state index in [2.05, 4.69) is 43.6 Å². The molecule has 0 radical (unpaired) electrons. The molecule has 0 atom stereocenters. The Labute approximate surface area is 130 Å². The zero-order valence-corrected chi connectivity index (χ0v) is 14.5. The minimum absolute atomic E-state index is 0.272. The van der Waals surface area contributed by atoms with E-state index >= 15 is 0 Å².